The average Bonchev–Trinajstić information content (AvgIpc) is 2.69. The highest BCUT2D eigenvalue weighted by atomic mass is 32.2. The summed E-state index contributed by atoms with van der Waals surface area (Å²) in [6.45, 7) is 1.33. The molecule has 1 heterocycles. The van der Waals surface area contributed by atoms with Crippen LogP contribution in [0.4, 0.5) is 0 Å². The molecule has 1 aliphatic heterocycles. The predicted octanol–water partition coefficient (Wildman–Crippen LogP) is 0.0433. The van der Waals surface area contributed by atoms with Crippen LogP contribution in [0.25, 0.3) is 0 Å². The molecule has 0 aromatic heterocycles. The second kappa shape index (κ2) is 6.32. The van der Waals surface area contributed by atoms with Crippen molar-refractivity contribution in [1.29, 1.82) is 0 Å². The molecule has 1 saturated heterocycles. The van der Waals surface area contributed by atoms with Crippen molar-refractivity contribution in [3.63, 3.8) is 0 Å². The first-order valence-corrected chi connectivity index (χ1v) is 7.17. The molecule has 0 aliphatic carbocycles. The average molecular weight is 250 g/mol. The van der Waals surface area contributed by atoms with Gasteiger partial charge in [0.25, 0.3) is 0 Å². The van der Waals surface area contributed by atoms with Gasteiger partial charge in [0, 0.05) is 26.2 Å². The summed E-state index contributed by atoms with van der Waals surface area (Å²) in [5.74, 6) is -0.780. The molecule has 0 bridgehead atoms. The second-order valence-electron chi connectivity index (χ2n) is 3.97. The van der Waals surface area contributed by atoms with Gasteiger partial charge in [-0.3, -0.25) is 4.79 Å². The zero-order valence-corrected chi connectivity index (χ0v) is 10.3. The van der Waals surface area contributed by atoms with Gasteiger partial charge in [-0.05, 0) is 12.8 Å². The van der Waals surface area contributed by atoms with Crippen LogP contribution in [0, 0.1) is 5.92 Å². The van der Waals surface area contributed by atoms with Gasteiger partial charge in [0.05, 0.1) is 12.4 Å². The molecule has 0 radical (unpaired) electrons. The fourth-order valence-corrected chi connectivity index (χ4v) is 2.99. The summed E-state index contributed by atoms with van der Waals surface area (Å²) in [7, 11) is -1.75. The normalized spacial score (nSPS) is 21.2. The Kier molecular flexibility index (Phi) is 5.37. The minimum absolute atomic E-state index is 0.0140. The number of Topliss-reactive ketones (excluding diaryl/α,β-unsaturated/α-hetero) is 1. The van der Waals surface area contributed by atoms with Crippen LogP contribution < -0.4 is 0 Å². The van der Waals surface area contributed by atoms with Crippen molar-refractivity contribution in [2.24, 2.45) is 5.92 Å². The Balaban J connectivity index is 2.36. The fourth-order valence-electron chi connectivity index (χ4n) is 1.62. The number of ether oxygens (including phenoxy) is 2. The predicted molar refractivity (Wildman–Crippen MR) is 59.1 cm³/mol. The van der Waals surface area contributed by atoms with Crippen LogP contribution in [0.3, 0.4) is 0 Å². The highest BCUT2D eigenvalue weighted by Gasteiger charge is 2.27. The lowest BCUT2D eigenvalue weighted by molar-refractivity contribution is -0.120. The smallest absolute Gasteiger partial charge is 0.157 e. The molecule has 0 spiro atoms. The summed E-state index contributed by atoms with van der Waals surface area (Å²) >= 11 is 0. The molecule has 16 heavy (non-hydrogen) atoms. The van der Waals surface area contributed by atoms with Crippen LogP contribution in [-0.2, 0) is 24.1 Å². The van der Waals surface area contributed by atoms with Crippen LogP contribution in [-0.4, -0.2) is 52.6 Å². The third kappa shape index (κ3) is 4.59. The van der Waals surface area contributed by atoms with Crippen LogP contribution in [0.15, 0.2) is 0 Å². The van der Waals surface area contributed by atoms with Crippen molar-refractivity contribution in [3.8, 4) is 0 Å². The molecular formula is C10H18O5S. The Morgan fingerprint density at radius 2 is 2.25 bits per heavy atom. The maximum Gasteiger partial charge on any atom is 0.157 e. The highest BCUT2D eigenvalue weighted by Crippen LogP contribution is 2.14. The summed E-state index contributed by atoms with van der Waals surface area (Å²) < 4.78 is 32.9. The Labute approximate surface area is 96.0 Å². The molecule has 5 nitrogen and oxygen atoms in total. The summed E-state index contributed by atoms with van der Waals surface area (Å²) in [4.78, 5) is 11.6. The van der Waals surface area contributed by atoms with E-state index in [-0.39, 0.29) is 23.2 Å². The molecule has 0 aromatic carbocycles. The first kappa shape index (κ1) is 13.6. The molecule has 1 unspecified atom stereocenters. The number of carbonyl (C=O) groups excluding carboxylic acids is 1. The van der Waals surface area contributed by atoms with E-state index in [1.807, 2.05) is 0 Å². The Hall–Kier alpha value is -0.460. The van der Waals surface area contributed by atoms with Gasteiger partial charge in [-0.1, -0.05) is 0 Å². The van der Waals surface area contributed by atoms with Crippen LogP contribution in [0.2, 0.25) is 0 Å². The Bertz CT molecular complexity index is 316. The molecule has 1 atom stereocenters. The lowest BCUT2D eigenvalue weighted by Crippen LogP contribution is -2.26. The molecule has 1 aliphatic rings. The quantitative estimate of drug-likeness (QED) is 0.597. The third-order valence-electron chi connectivity index (χ3n) is 2.55. The number of hydrogen-bond acceptors (Lipinski definition) is 5. The van der Waals surface area contributed by atoms with Crippen LogP contribution in [0.5, 0.6) is 0 Å². The van der Waals surface area contributed by atoms with E-state index in [0.29, 0.717) is 32.7 Å². The van der Waals surface area contributed by atoms with Gasteiger partial charge >= 0.3 is 0 Å². The van der Waals surface area contributed by atoms with Gasteiger partial charge in [-0.25, -0.2) is 8.42 Å². The molecule has 94 valence electrons. The van der Waals surface area contributed by atoms with Gasteiger partial charge in [0.2, 0.25) is 0 Å². The molecule has 1 fully saturated rings. The highest BCUT2D eigenvalue weighted by molar-refractivity contribution is 7.92. The molecule has 0 saturated carbocycles. The monoisotopic (exact) mass is 250 g/mol. The minimum Gasteiger partial charge on any atom is -0.385 e. The van der Waals surface area contributed by atoms with Crippen molar-refractivity contribution in [2.45, 2.75) is 12.8 Å². The topological polar surface area (TPSA) is 69.7 Å². The maximum atomic E-state index is 11.6. The Morgan fingerprint density at radius 1 is 1.50 bits per heavy atom. The molecule has 0 aromatic rings. The van der Waals surface area contributed by atoms with E-state index in [2.05, 4.69) is 0 Å². The van der Waals surface area contributed by atoms with Gasteiger partial charge in [-0.15, -0.1) is 0 Å². The number of hydrogen-bond donors (Lipinski definition) is 0. The first-order chi connectivity index (χ1) is 7.55. The van der Waals surface area contributed by atoms with E-state index >= 15 is 0 Å². The van der Waals surface area contributed by atoms with Gasteiger partial charge < -0.3 is 9.47 Å². The molecule has 6 heteroatoms. The molecule has 0 N–H and O–H groups in total. The van der Waals surface area contributed by atoms with E-state index in [1.165, 1.54) is 7.11 Å². The van der Waals surface area contributed by atoms with Crippen molar-refractivity contribution < 1.29 is 22.7 Å². The van der Waals surface area contributed by atoms with Crippen molar-refractivity contribution in [1.82, 2.24) is 0 Å². The first-order valence-electron chi connectivity index (χ1n) is 5.35. The molecule has 0 amide bonds. The minimum atomic E-state index is -3.28. The number of methoxy groups -OCH3 is 1. The third-order valence-corrected chi connectivity index (χ3v) is 4.19. The molecular weight excluding hydrogens is 232 g/mol. The lowest BCUT2D eigenvalue weighted by Gasteiger charge is -2.07. The van der Waals surface area contributed by atoms with Crippen LogP contribution >= 0.6 is 0 Å². The van der Waals surface area contributed by atoms with Crippen molar-refractivity contribution in [3.05, 3.63) is 0 Å². The molecule has 1 rings (SSSR count). The maximum absolute atomic E-state index is 11.6. The summed E-state index contributed by atoms with van der Waals surface area (Å²) in [5.41, 5.74) is 0. The summed E-state index contributed by atoms with van der Waals surface area (Å²) in [6, 6.07) is 0. The van der Waals surface area contributed by atoms with E-state index in [4.69, 9.17) is 9.47 Å². The van der Waals surface area contributed by atoms with E-state index < -0.39 is 9.84 Å². The number of rotatable bonds is 7. The van der Waals surface area contributed by atoms with E-state index in [0.717, 1.165) is 0 Å². The summed E-state index contributed by atoms with van der Waals surface area (Å²) in [6.07, 6.45) is 1.08. The summed E-state index contributed by atoms with van der Waals surface area (Å²) in [5, 5.41) is 0. The van der Waals surface area contributed by atoms with E-state index in [9.17, 15) is 13.2 Å². The number of carbonyl (C=O) groups is 1. The van der Waals surface area contributed by atoms with Crippen molar-refractivity contribution in [2.75, 3.05) is 38.4 Å². The van der Waals surface area contributed by atoms with Crippen LogP contribution in [0.1, 0.15) is 12.8 Å². The second-order valence-corrected chi connectivity index (χ2v) is 6.15. The number of ketones is 1. The zero-order chi connectivity index (χ0) is 12.0. The van der Waals surface area contributed by atoms with Crippen molar-refractivity contribution >= 4 is 15.6 Å². The Morgan fingerprint density at radius 3 is 2.81 bits per heavy atom. The van der Waals surface area contributed by atoms with Gasteiger partial charge in [0.15, 0.2) is 15.6 Å². The van der Waals surface area contributed by atoms with E-state index in [1.54, 1.807) is 0 Å². The largest absolute Gasteiger partial charge is 0.385 e. The standard InChI is InChI=1S/C10H18O5S/c1-14-4-2-6-16(12,13)8-10(11)9-3-5-15-7-9/h9H,2-8H2,1H3. The lowest BCUT2D eigenvalue weighted by atomic mass is 10.1. The van der Waals surface area contributed by atoms with Gasteiger partial charge in [-0.2, -0.15) is 0 Å². The van der Waals surface area contributed by atoms with Gasteiger partial charge in [0.1, 0.15) is 5.75 Å². The fraction of sp³-hybridized carbons (Fsp3) is 0.900. The zero-order valence-electron chi connectivity index (χ0n) is 9.48. The number of sulfone groups is 1. The SMILES string of the molecule is COCCCS(=O)(=O)CC(=O)C1CCOC1.